The standard InChI is InChI=1S/C52H35NOS/c1-3-12-35(13-4-1)46-33-48-45-20-11-19-41(51(45)54-52(48)44-18-8-7-16-42(44)46)36-24-29-40(30-25-36)53(38-14-5-2-6-15-38)39-27-22-34(23-28-39)37-26-31-50-47(32-37)43-17-9-10-21-49(43)55-50/h1-33,45,51H. The Labute approximate surface area is 324 Å². The van der Waals surface area contributed by atoms with Crippen molar-refractivity contribution in [3.05, 3.63) is 211 Å². The van der Waals surface area contributed by atoms with Crippen molar-refractivity contribution < 1.29 is 4.74 Å². The molecular formula is C52H35NOS. The highest BCUT2D eigenvalue weighted by Crippen LogP contribution is 2.51. The van der Waals surface area contributed by atoms with Crippen LogP contribution < -0.4 is 9.64 Å². The van der Waals surface area contributed by atoms with Crippen LogP contribution in [0.25, 0.3) is 58.8 Å². The summed E-state index contributed by atoms with van der Waals surface area (Å²) in [4.78, 5) is 2.33. The van der Waals surface area contributed by atoms with Gasteiger partial charge in [0.15, 0.2) is 0 Å². The molecule has 0 saturated carbocycles. The molecule has 0 N–H and O–H groups in total. The van der Waals surface area contributed by atoms with Crippen LogP contribution >= 0.6 is 11.3 Å². The predicted molar refractivity (Wildman–Crippen MR) is 233 cm³/mol. The molecule has 0 radical (unpaired) electrons. The SMILES string of the molecule is C1=CC2c3cc(-c4ccccc4)c4ccccc4c3OC2C(c2ccc(N(c3ccccc3)c3ccc(-c4ccc5sc6ccccc6c5c4)cc3)cc2)=C1. The van der Waals surface area contributed by atoms with Crippen LogP contribution in [0, 0.1) is 0 Å². The topological polar surface area (TPSA) is 12.5 Å². The second kappa shape index (κ2) is 13.0. The van der Waals surface area contributed by atoms with E-state index < -0.39 is 0 Å². The van der Waals surface area contributed by atoms with E-state index in [0.717, 1.165) is 22.8 Å². The average molecular weight is 722 g/mol. The smallest absolute Gasteiger partial charge is 0.135 e. The van der Waals surface area contributed by atoms with Gasteiger partial charge in [-0.1, -0.05) is 140 Å². The molecular weight excluding hydrogens is 687 g/mol. The molecule has 11 rings (SSSR count). The Kier molecular flexibility index (Phi) is 7.53. The van der Waals surface area contributed by atoms with Crippen molar-refractivity contribution >= 4 is 64.9 Å². The number of benzene rings is 8. The van der Waals surface area contributed by atoms with E-state index in [0.29, 0.717) is 0 Å². The van der Waals surface area contributed by atoms with E-state index in [1.807, 2.05) is 11.3 Å². The minimum absolute atomic E-state index is 0.0932. The number of ether oxygens (including phenoxy) is 1. The molecule has 0 saturated heterocycles. The Morgan fingerprint density at radius 3 is 1.82 bits per heavy atom. The molecule has 2 aliphatic rings. The minimum Gasteiger partial charge on any atom is -0.484 e. The fraction of sp³-hybridized carbons (Fsp3) is 0.0385. The summed E-state index contributed by atoms with van der Waals surface area (Å²) in [5.74, 6) is 1.14. The van der Waals surface area contributed by atoms with Gasteiger partial charge in [-0.25, -0.2) is 0 Å². The number of rotatable bonds is 6. The highest BCUT2D eigenvalue weighted by molar-refractivity contribution is 7.25. The molecule has 260 valence electrons. The van der Waals surface area contributed by atoms with Crippen LogP contribution in [-0.4, -0.2) is 6.10 Å². The van der Waals surface area contributed by atoms with Gasteiger partial charge < -0.3 is 9.64 Å². The first-order valence-corrected chi connectivity index (χ1v) is 19.7. The van der Waals surface area contributed by atoms with Crippen molar-refractivity contribution in [3.8, 4) is 28.0 Å². The lowest BCUT2D eigenvalue weighted by molar-refractivity contribution is 0.281. The Morgan fingerprint density at radius 2 is 1.05 bits per heavy atom. The molecule has 0 amide bonds. The Hall–Kier alpha value is -6.68. The molecule has 0 fully saturated rings. The number of hydrogen-bond acceptors (Lipinski definition) is 3. The summed E-state index contributed by atoms with van der Waals surface area (Å²) in [5, 5.41) is 5.03. The highest BCUT2D eigenvalue weighted by Gasteiger charge is 2.38. The summed E-state index contributed by atoms with van der Waals surface area (Å²) < 4.78 is 9.61. The van der Waals surface area contributed by atoms with E-state index >= 15 is 0 Å². The van der Waals surface area contributed by atoms with Crippen molar-refractivity contribution in [3.63, 3.8) is 0 Å². The average Bonchev–Trinajstić information content (AvgIpc) is 3.83. The molecule has 1 aromatic heterocycles. The third-order valence-corrected chi connectivity index (χ3v) is 12.4. The second-order valence-corrected chi connectivity index (χ2v) is 15.5. The summed E-state index contributed by atoms with van der Waals surface area (Å²) >= 11 is 1.86. The van der Waals surface area contributed by atoms with Gasteiger partial charge in [-0.2, -0.15) is 0 Å². The van der Waals surface area contributed by atoms with E-state index in [1.165, 1.54) is 69.9 Å². The number of para-hydroxylation sites is 1. The third-order valence-electron chi connectivity index (χ3n) is 11.2. The summed E-state index contributed by atoms with van der Waals surface area (Å²) in [7, 11) is 0. The zero-order chi connectivity index (χ0) is 36.3. The normalized spacial score (nSPS) is 15.8. The largest absolute Gasteiger partial charge is 0.484 e. The molecule has 0 spiro atoms. The predicted octanol–water partition coefficient (Wildman–Crippen LogP) is 14.5. The molecule has 1 aliphatic carbocycles. The highest BCUT2D eigenvalue weighted by atomic mass is 32.1. The maximum atomic E-state index is 6.96. The fourth-order valence-corrected chi connectivity index (χ4v) is 9.69. The first-order chi connectivity index (χ1) is 27.3. The van der Waals surface area contributed by atoms with Crippen molar-refractivity contribution in [2.24, 2.45) is 0 Å². The van der Waals surface area contributed by atoms with Crippen LogP contribution in [-0.2, 0) is 0 Å². The van der Waals surface area contributed by atoms with Gasteiger partial charge in [-0.3, -0.25) is 0 Å². The van der Waals surface area contributed by atoms with E-state index in [-0.39, 0.29) is 12.0 Å². The van der Waals surface area contributed by atoms with Crippen LogP contribution in [0.4, 0.5) is 17.1 Å². The van der Waals surface area contributed by atoms with E-state index in [2.05, 4.69) is 205 Å². The molecule has 55 heavy (non-hydrogen) atoms. The fourth-order valence-electron chi connectivity index (χ4n) is 8.60. The quantitative estimate of drug-likeness (QED) is 0.169. The number of hydrogen-bond donors (Lipinski definition) is 0. The number of allylic oxidation sites excluding steroid dienone is 2. The molecule has 3 heteroatoms. The first-order valence-electron chi connectivity index (χ1n) is 18.9. The van der Waals surface area contributed by atoms with Crippen molar-refractivity contribution in [2.75, 3.05) is 4.90 Å². The van der Waals surface area contributed by atoms with Gasteiger partial charge in [0.25, 0.3) is 0 Å². The molecule has 1 aliphatic heterocycles. The first kappa shape index (κ1) is 31.8. The summed E-state index contributed by atoms with van der Waals surface area (Å²) in [6.07, 6.45) is 6.65. The van der Waals surface area contributed by atoms with Crippen LogP contribution in [0.3, 0.4) is 0 Å². The van der Waals surface area contributed by atoms with Crippen LogP contribution in [0.1, 0.15) is 17.0 Å². The van der Waals surface area contributed by atoms with Gasteiger partial charge in [-0.15, -0.1) is 11.3 Å². The van der Waals surface area contributed by atoms with E-state index in [1.54, 1.807) is 0 Å². The molecule has 2 unspecified atom stereocenters. The molecule has 2 atom stereocenters. The lowest BCUT2D eigenvalue weighted by atomic mass is 9.82. The Morgan fingerprint density at radius 1 is 0.455 bits per heavy atom. The zero-order valence-electron chi connectivity index (χ0n) is 30.0. The van der Waals surface area contributed by atoms with Crippen LogP contribution in [0.5, 0.6) is 5.75 Å². The summed E-state index contributed by atoms with van der Waals surface area (Å²) in [5.41, 5.74) is 11.9. The van der Waals surface area contributed by atoms with Crippen LogP contribution in [0.15, 0.2) is 200 Å². The van der Waals surface area contributed by atoms with Gasteiger partial charge in [0.05, 0.1) is 0 Å². The van der Waals surface area contributed by atoms with Crippen LogP contribution in [0.2, 0.25) is 0 Å². The van der Waals surface area contributed by atoms with E-state index in [4.69, 9.17) is 4.74 Å². The minimum atomic E-state index is -0.0932. The molecule has 2 nitrogen and oxygen atoms in total. The number of thiophene rings is 1. The van der Waals surface area contributed by atoms with Crippen molar-refractivity contribution in [1.29, 1.82) is 0 Å². The summed E-state index contributed by atoms with van der Waals surface area (Å²) in [6, 6.07) is 65.9. The van der Waals surface area contributed by atoms with Crippen molar-refractivity contribution in [1.82, 2.24) is 0 Å². The second-order valence-electron chi connectivity index (χ2n) is 14.4. The van der Waals surface area contributed by atoms with Crippen molar-refractivity contribution in [2.45, 2.75) is 12.0 Å². The monoisotopic (exact) mass is 721 g/mol. The van der Waals surface area contributed by atoms with Gasteiger partial charge in [0.1, 0.15) is 11.9 Å². The lowest BCUT2D eigenvalue weighted by Crippen LogP contribution is -2.21. The Balaban J connectivity index is 0.918. The third kappa shape index (κ3) is 5.39. The van der Waals surface area contributed by atoms with Gasteiger partial charge >= 0.3 is 0 Å². The summed E-state index contributed by atoms with van der Waals surface area (Å²) in [6.45, 7) is 0. The van der Waals surface area contributed by atoms with Gasteiger partial charge in [-0.05, 0) is 93.9 Å². The van der Waals surface area contributed by atoms with Gasteiger partial charge in [0.2, 0.25) is 0 Å². The molecule has 0 bridgehead atoms. The molecule has 9 aromatic rings. The van der Waals surface area contributed by atoms with E-state index in [9.17, 15) is 0 Å². The number of anilines is 3. The molecule has 2 heterocycles. The Bertz CT molecular complexity index is 2940. The maximum absolute atomic E-state index is 6.96. The molecule has 8 aromatic carbocycles. The number of fused-ring (bicyclic) bond motifs is 8. The lowest BCUT2D eigenvalue weighted by Gasteiger charge is -2.27. The zero-order valence-corrected chi connectivity index (χ0v) is 30.8. The van der Waals surface area contributed by atoms with Gasteiger partial charge in [0, 0.05) is 59.7 Å². The maximum Gasteiger partial charge on any atom is 0.135 e. The number of nitrogens with zero attached hydrogens (tertiary/aromatic N) is 1.